The number of aromatic carboxylic acids is 1. The predicted molar refractivity (Wildman–Crippen MR) is 72.1 cm³/mol. The highest BCUT2D eigenvalue weighted by Crippen LogP contribution is 2.10. The molecule has 4 nitrogen and oxygen atoms in total. The minimum atomic E-state index is -1.19. The van der Waals surface area contributed by atoms with E-state index in [1.165, 1.54) is 18.2 Å². The number of ether oxygens (including phenoxy) is 1. The standard InChI is InChI=1S/C16H10O4/c17-15(18)13-8-4-5-9-14(13)16(19)20-11-10-12-6-2-1-3-7-12/h1-9H,(H,17,18). The van der Waals surface area contributed by atoms with Crippen LogP contribution in [0.25, 0.3) is 0 Å². The van der Waals surface area contributed by atoms with Crippen molar-refractivity contribution in [2.45, 2.75) is 0 Å². The first-order valence-corrected chi connectivity index (χ1v) is 5.78. The quantitative estimate of drug-likeness (QED) is 0.670. The van der Waals surface area contributed by atoms with Gasteiger partial charge in [0.1, 0.15) is 6.11 Å². The Kier molecular flexibility index (Phi) is 4.15. The van der Waals surface area contributed by atoms with Gasteiger partial charge in [-0.15, -0.1) is 0 Å². The van der Waals surface area contributed by atoms with E-state index < -0.39 is 11.9 Å². The summed E-state index contributed by atoms with van der Waals surface area (Å²) in [7, 11) is 0. The Morgan fingerprint density at radius 1 is 0.900 bits per heavy atom. The number of hydrogen-bond donors (Lipinski definition) is 1. The highest BCUT2D eigenvalue weighted by Gasteiger charge is 2.16. The van der Waals surface area contributed by atoms with Gasteiger partial charge in [-0.1, -0.05) is 30.3 Å². The highest BCUT2D eigenvalue weighted by atomic mass is 16.5. The lowest BCUT2D eigenvalue weighted by molar-refractivity contribution is 0.0649. The molecule has 4 heteroatoms. The first-order chi connectivity index (χ1) is 9.68. The third kappa shape index (κ3) is 3.24. The Balaban J connectivity index is 2.14. The summed E-state index contributed by atoms with van der Waals surface area (Å²) in [4.78, 5) is 22.7. The summed E-state index contributed by atoms with van der Waals surface area (Å²) >= 11 is 0. The highest BCUT2D eigenvalue weighted by molar-refractivity contribution is 6.02. The molecule has 0 saturated heterocycles. The number of carbonyl (C=O) groups is 2. The molecule has 0 heterocycles. The molecule has 2 aromatic rings. The zero-order valence-electron chi connectivity index (χ0n) is 10.4. The smallest absolute Gasteiger partial charge is 0.352 e. The number of benzene rings is 2. The van der Waals surface area contributed by atoms with Gasteiger partial charge in [-0.25, -0.2) is 9.59 Å². The summed E-state index contributed by atoms with van der Waals surface area (Å²) in [6, 6.07) is 14.8. The van der Waals surface area contributed by atoms with Crippen LogP contribution in [0.3, 0.4) is 0 Å². The number of hydrogen-bond acceptors (Lipinski definition) is 3. The summed E-state index contributed by atoms with van der Waals surface area (Å²) in [5.41, 5.74) is 0.563. The number of carboxylic acid groups (broad SMARTS) is 1. The SMILES string of the molecule is O=C(O)c1ccccc1C(=O)OC#Cc1ccccc1. The van der Waals surface area contributed by atoms with Crippen molar-refractivity contribution in [1.82, 2.24) is 0 Å². The van der Waals surface area contributed by atoms with E-state index >= 15 is 0 Å². The monoisotopic (exact) mass is 266 g/mol. The molecular formula is C16H10O4. The molecule has 0 radical (unpaired) electrons. The Bertz CT molecular complexity index is 693. The molecule has 0 spiro atoms. The Morgan fingerprint density at radius 2 is 1.50 bits per heavy atom. The van der Waals surface area contributed by atoms with Crippen LogP contribution in [0, 0.1) is 12.0 Å². The first-order valence-electron chi connectivity index (χ1n) is 5.78. The molecule has 20 heavy (non-hydrogen) atoms. The maximum atomic E-state index is 11.8. The van der Waals surface area contributed by atoms with Crippen molar-refractivity contribution in [3.8, 4) is 12.0 Å². The topological polar surface area (TPSA) is 63.6 Å². The first kappa shape index (κ1) is 13.4. The molecule has 0 aliphatic carbocycles. The van der Waals surface area contributed by atoms with Crippen LogP contribution in [-0.2, 0) is 4.74 Å². The van der Waals surface area contributed by atoms with E-state index in [4.69, 9.17) is 9.84 Å². The molecular weight excluding hydrogens is 256 g/mol. The van der Waals surface area contributed by atoms with Crippen molar-refractivity contribution < 1.29 is 19.4 Å². The summed E-state index contributed by atoms with van der Waals surface area (Å²) in [5.74, 6) is 0.681. The van der Waals surface area contributed by atoms with Gasteiger partial charge in [0.15, 0.2) is 0 Å². The van der Waals surface area contributed by atoms with E-state index in [9.17, 15) is 9.59 Å². The fraction of sp³-hybridized carbons (Fsp3) is 0. The third-order valence-electron chi connectivity index (χ3n) is 2.49. The Labute approximate surface area is 115 Å². The average Bonchev–Trinajstić information content (AvgIpc) is 2.48. The molecule has 0 bridgehead atoms. The van der Waals surface area contributed by atoms with Gasteiger partial charge >= 0.3 is 11.9 Å². The molecule has 1 N–H and O–H groups in total. The Morgan fingerprint density at radius 3 is 2.15 bits per heavy atom. The number of esters is 1. The maximum absolute atomic E-state index is 11.8. The van der Waals surface area contributed by atoms with Gasteiger partial charge < -0.3 is 9.84 Å². The number of carboxylic acids is 1. The summed E-state index contributed by atoms with van der Waals surface area (Å²) in [6.07, 6.45) is 2.27. The van der Waals surface area contributed by atoms with Crippen LogP contribution in [0.5, 0.6) is 0 Å². The van der Waals surface area contributed by atoms with Crippen molar-refractivity contribution in [2.24, 2.45) is 0 Å². The van der Waals surface area contributed by atoms with Crippen LogP contribution in [0.4, 0.5) is 0 Å². The molecule has 0 aromatic heterocycles. The second-order valence-electron chi connectivity index (χ2n) is 3.83. The van der Waals surface area contributed by atoms with Gasteiger partial charge in [0.25, 0.3) is 0 Å². The lowest BCUT2D eigenvalue weighted by atomic mass is 10.1. The van der Waals surface area contributed by atoms with Crippen LogP contribution in [-0.4, -0.2) is 17.0 Å². The van der Waals surface area contributed by atoms with E-state index in [1.54, 1.807) is 18.2 Å². The largest absolute Gasteiger partial charge is 0.478 e. The van der Waals surface area contributed by atoms with Gasteiger partial charge in [-0.05, 0) is 30.2 Å². The van der Waals surface area contributed by atoms with E-state index in [-0.39, 0.29) is 11.1 Å². The van der Waals surface area contributed by atoms with E-state index in [0.29, 0.717) is 5.56 Å². The van der Waals surface area contributed by atoms with Crippen LogP contribution in [0.15, 0.2) is 54.6 Å². The minimum absolute atomic E-state index is 0.0256. The molecule has 0 amide bonds. The fourth-order valence-corrected chi connectivity index (χ4v) is 1.55. The minimum Gasteiger partial charge on any atom is -0.478 e. The second kappa shape index (κ2) is 6.21. The van der Waals surface area contributed by atoms with Crippen molar-refractivity contribution in [2.75, 3.05) is 0 Å². The number of carbonyl (C=O) groups excluding carboxylic acids is 1. The molecule has 98 valence electrons. The van der Waals surface area contributed by atoms with Gasteiger partial charge in [0.2, 0.25) is 0 Å². The molecule has 2 aromatic carbocycles. The zero-order chi connectivity index (χ0) is 14.4. The van der Waals surface area contributed by atoms with E-state index in [0.717, 1.165) is 0 Å². The summed E-state index contributed by atoms with van der Waals surface area (Å²) in [5, 5.41) is 8.97. The van der Waals surface area contributed by atoms with Crippen LogP contribution < -0.4 is 0 Å². The fourth-order valence-electron chi connectivity index (χ4n) is 1.55. The van der Waals surface area contributed by atoms with Crippen molar-refractivity contribution >= 4 is 11.9 Å². The van der Waals surface area contributed by atoms with Gasteiger partial charge in [0, 0.05) is 5.56 Å². The zero-order valence-corrected chi connectivity index (χ0v) is 10.4. The van der Waals surface area contributed by atoms with Crippen molar-refractivity contribution in [3.63, 3.8) is 0 Å². The van der Waals surface area contributed by atoms with Gasteiger partial charge in [-0.2, -0.15) is 0 Å². The maximum Gasteiger partial charge on any atom is 0.352 e. The van der Waals surface area contributed by atoms with Crippen molar-refractivity contribution in [3.05, 3.63) is 71.3 Å². The summed E-state index contributed by atoms with van der Waals surface area (Å²) in [6.45, 7) is 0. The lowest BCUT2D eigenvalue weighted by Gasteiger charge is -2.01. The van der Waals surface area contributed by atoms with E-state index in [2.05, 4.69) is 12.0 Å². The molecule has 0 fully saturated rings. The second-order valence-corrected chi connectivity index (χ2v) is 3.83. The van der Waals surface area contributed by atoms with Crippen LogP contribution >= 0.6 is 0 Å². The Hall–Kier alpha value is -3.06. The lowest BCUT2D eigenvalue weighted by Crippen LogP contribution is -2.09. The van der Waals surface area contributed by atoms with Crippen LogP contribution in [0.1, 0.15) is 26.3 Å². The molecule has 0 unspecified atom stereocenters. The molecule has 2 rings (SSSR count). The van der Waals surface area contributed by atoms with Gasteiger partial charge in [0.05, 0.1) is 11.1 Å². The molecule has 0 saturated carbocycles. The van der Waals surface area contributed by atoms with E-state index in [1.807, 2.05) is 18.2 Å². The predicted octanol–water partition coefficient (Wildman–Crippen LogP) is 2.55. The average molecular weight is 266 g/mol. The van der Waals surface area contributed by atoms with Crippen molar-refractivity contribution in [1.29, 1.82) is 0 Å². The molecule has 0 aliphatic rings. The third-order valence-corrected chi connectivity index (χ3v) is 2.49. The van der Waals surface area contributed by atoms with Gasteiger partial charge in [-0.3, -0.25) is 0 Å². The normalized spacial score (nSPS) is 9.20. The molecule has 0 atom stereocenters. The van der Waals surface area contributed by atoms with Crippen LogP contribution in [0.2, 0.25) is 0 Å². The molecule has 0 aliphatic heterocycles. The summed E-state index contributed by atoms with van der Waals surface area (Å²) < 4.78 is 4.76. The number of rotatable bonds is 2.